The summed E-state index contributed by atoms with van der Waals surface area (Å²) in [5.74, 6) is 0.490. The average molecular weight is 342 g/mol. The van der Waals surface area contributed by atoms with Gasteiger partial charge in [-0.05, 0) is 59.1 Å². The van der Waals surface area contributed by atoms with Gasteiger partial charge >= 0.3 is 5.69 Å². The zero-order valence-electron chi connectivity index (χ0n) is 15.6. The fourth-order valence-corrected chi connectivity index (χ4v) is 3.39. The van der Waals surface area contributed by atoms with E-state index in [1.54, 1.807) is 6.92 Å². The monoisotopic (exact) mass is 342 g/mol. The number of carbonyl (C=O) groups excluding carboxylic acids is 1. The summed E-state index contributed by atoms with van der Waals surface area (Å²) in [4.78, 5) is 27.5. The minimum Gasteiger partial charge on any atom is -0.308 e. The second-order valence-corrected chi connectivity index (χ2v) is 7.78. The quantitative estimate of drug-likeness (QED) is 0.842. The van der Waals surface area contributed by atoms with E-state index in [0.717, 1.165) is 18.5 Å². The summed E-state index contributed by atoms with van der Waals surface area (Å²) >= 11 is 0. The van der Waals surface area contributed by atoms with Crippen molar-refractivity contribution in [1.29, 1.82) is 0 Å². The van der Waals surface area contributed by atoms with Crippen LogP contribution < -0.4 is 10.6 Å². The minimum atomic E-state index is -0.416. The summed E-state index contributed by atoms with van der Waals surface area (Å²) in [6, 6.07) is 8.12. The molecule has 0 radical (unpaired) electrons. The van der Waals surface area contributed by atoms with Crippen LogP contribution in [0.5, 0.6) is 0 Å². The van der Waals surface area contributed by atoms with Crippen molar-refractivity contribution in [3.8, 4) is 0 Å². The van der Waals surface area contributed by atoms with Crippen LogP contribution in [0.25, 0.3) is 0 Å². The molecule has 134 valence electrons. The molecule has 25 heavy (non-hydrogen) atoms. The Hall–Kier alpha value is -2.37. The number of benzene rings is 1. The van der Waals surface area contributed by atoms with Gasteiger partial charge in [0.15, 0.2) is 0 Å². The van der Waals surface area contributed by atoms with E-state index < -0.39 is 5.54 Å². The predicted molar refractivity (Wildman–Crippen MR) is 97.9 cm³/mol. The van der Waals surface area contributed by atoms with E-state index in [2.05, 4.69) is 18.1 Å². The van der Waals surface area contributed by atoms with Crippen molar-refractivity contribution in [3.05, 3.63) is 46.1 Å². The molecule has 0 spiro atoms. The number of para-hydroxylation sites is 1. The van der Waals surface area contributed by atoms with Gasteiger partial charge in [0, 0.05) is 11.7 Å². The van der Waals surface area contributed by atoms with E-state index in [1.165, 1.54) is 14.8 Å². The van der Waals surface area contributed by atoms with Gasteiger partial charge in [-0.1, -0.05) is 18.2 Å². The number of fused-ring (bicyclic) bond motifs is 1. The molecule has 1 aromatic carbocycles. The van der Waals surface area contributed by atoms with Crippen LogP contribution in [-0.2, 0) is 23.3 Å². The molecule has 2 aromatic rings. The first-order valence-electron chi connectivity index (χ1n) is 8.77. The lowest BCUT2D eigenvalue weighted by atomic mass is 9.96. The van der Waals surface area contributed by atoms with Crippen molar-refractivity contribution < 1.29 is 4.79 Å². The molecule has 3 rings (SSSR count). The van der Waals surface area contributed by atoms with Gasteiger partial charge in [0.2, 0.25) is 5.91 Å². The Bertz CT molecular complexity index is 857. The van der Waals surface area contributed by atoms with Gasteiger partial charge in [0.25, 0.3) is 0 Å². The van der Waals surface area contributed by atoms with Crippen molar-refractivity contribution in [2.75, 3.05) is 4.90 Å². The maximum atomic E-state index is 13.0. The van der Waals surface area contributed by atoms with Gasteiger partial charge in [-0.2, -0.15) is 5.10 Å². The molecule has 1 aliphatic rings. The van der Waals surface area contributed by atoms with E-state index in [-0.39, 0.29) is 24.2 Å². The largest absolute Gasteiger partial charge is 0.346 e. The first kappa shape index (κ1) is 17.5. The zero-order valence-corrected chi connectivity index (χ0v) is 15.6. The second kappa shape index (κ2) is 6.17. The van der Waals surface area contributed by atoms with Gasteiger partial charge in [0.1, 0.15) is 12.4 Å². The Morgan fingerprint density at radius 1 is 1.28 bits per heavy atom. The van der Waals surface area contributed by atoms with E-state index in [0.29, 0.717) is 5.82 Å². The summed E-state index contributed by atoms with van der Waals surface area (Å²) < 4.78 is 2.92. The lowest BCUT2D eigenvalue weighted by molar-refractivity contribution is -0.119. The summed E-state index contributed by atoms with van der Waals surface area (Å²) in [5, 5.41) is 4.34. The molecule has 1 aliphatic heterocycles. The SMILES string of the molecule is Cc1nn(C(C)(C)C)c(=O)n1CC(=O)N1c2ccccc2CCC1C. The van der Waals surface area contributed by atoms with Crippen LogP contribution in [0.1, 0.15) is 45.5 Å². The number of nitrogens with zero attached hydrogens (tertiary/aromatic N) is 4. The molecule has 0 saturated carbocycles. The first-order valence-corrected chi connectivity index (χ1v) is 8.77. The van der Waals surface area contributed by atoms with Crippen molar-refractivity contribution in [1.82, 2.24) is 14.3 Å². The van der Waals surface area contributed by atoms with Crippen molar-refractivity contribution in [2.24, 2.45) is 0 Å². The number of hydrogen-bond acceptors (Lipinski definition) is 3. The van der Waals surface area contributed by atoms with E-state index in [4.69, 9.17) is 0 Å². The van der Waals surface area contributed by atoms with Crippen LogP contribution in [0.4, 0.5) is 5.69 Å². The third kappa shape index (κ3) is 3.13. The Balaban J connectivity index is 1.94. The third-order valence-electron chi connectivity index (χ3n) is 4.77. The fraction of sp³-hybridized carbons (Fsp3) is 0.526. The molecule has 1 unspecified atom stereocenters. The zero-order chi connectivity index (χ0) is 18.4. The average Bonchev–Trinajstić information content (AvgIpc) is 2.82. The highest BCUT2D eigenvalue weighted by Crippen LogP contribution is 2.30. The van der Waals surface area contributed by atoms with Gasteiger partial charge < -0.3 is 4.90 Å². The Kier molecular flexibility index (Phi) is 4.31. The number of anilines is 1. The Morgan fingerprint density at radius 3 is 2.60 bits per heavy atom. The minimum absolute atomic E-state index is 0.0133. The van der Waals surface area contributed by atoms with Crippen LogP contribution in [0, 0.1) is 6.92 Å². The van der Waals surface area contributed by atoms with Crippen LogP contribution in [0.15, 0.2) is 29.1 Å². The highest BCUT2D eigenvalue weighted by Gasteiger charge is 2.29. The molecule has 2 heterocycles. The number of aromatic nitrogens is 3. The molecule has 6 heteroatoms. The van der Waals surface area contributed by atoms with Gasteiger partial charge in [-0.3, -0.25) is 9.36 Å². The van der Waals surface area contributed by atoms with Crippen molar-refractivity contribution in [2.45, 2.75) is 65.6 Å². The highest BCUT2D eigenvalue weighted by atomic mass is 16.2. The number of aryl methyl sites for hydroxylation is 2. The normalized spacial score (nSPS) is 17.5. The topological polar surface area (TPSA) is 60.1 Å². The van der Waals surface area contributed by atoms with Gasteiger partial charge in [-0.15, -0.1) is 0 Å². The Morgan fingerprint density at radius 2 is 1.96 bits per heavy atom. The first-order chi connectivity index (χ1) is 11.7. The molecule has 0 N–H and O–H groups in total. The third-order valence-corrected chi connectivity index (χ3v) is 4.77. The van der Waals surface area contributed by atoms with Gasteiger partial charge in [0.05, 0.1) is 5.54 Å². The van der Waals surface area contributed by atoms with Crippen LogP contribution in [0.3, 0.4) is 0 Å². The second-order valence-electron chi connectivity index (χ2n) is 7.78. The number of amides is 1. The van der Waals surface area contributed by atoms with Crippen LogP contribution in [0.2, 0.25) is 0 Å². The Labute approximate surface area is 148 Å². The van der Waals surface area contributed by atoms with E-state index >= 15 is 0 Å². The lowest BCUT2D eigenvalue weighted by Crippen LogP contribution is -2.45. The summed E-state index contributed by atoms with van der Waals surface area (Å²) in [5.41, 5.74) is 1.49. The molecular formula is C19H26N4O2. The molecular weight excluding hydrogens is 316 g/mol. The van der Waals surface area contributed by atoms with Crippen LogP contribution >= 0.6 is 0 Å². The molecule has 6 nitrogen and oxygen atoms in total. The van der Waals surface area contributed by atoms with Gasteiger partial charge in [-0.25, -0.2) is 9.48 Å². The molecule has 0 saturated heterocycles. The predicted octanol–water partition coefficient (Wildman–Crippen LogP) is 2.48. The maximum absolute atomic E-state index is 13.0. The molecule has 1 atom stereocenters. The van der Waals surface area contributed by atoms with E-state index in [1.807, 2.05) is 43.9 Å². The van der Waals surface area contributed by atoms with E-state index in [9.17, 15) is 9.59 Å². The molecule has 1 amide bonds. The lowest BCUT2D eigenvalue weighted by Gasteiger charge is -2.35. The molecule has 0 bridgehead atoms. The summed E-state index contributed by atoms with van der Waals surface area (Å²) in [6.07, 6.45) is 1.90. The number of rotatable bonds is 2. The smallest absolute Gasteiger partial charge is 0.308 e. The van der Waals surface area contributed by atoms with Crippen LogP contribution in [-0.4, -0.2) is 26.3 Å². The molecule has 0 fully saturated rings. The number of carbonyl (C=O) groups is 1. The van der Waals surface area contributed by atoms with Crippen molar-refractivity contribution >= 4 is 11.6 Å². The molecule has 1 aromatic heterocycles. The summed E-state index contributed by atoms with van der Waals surface area (Å²) in [7, 11) is 0. The number of hydrogen-bond donors (Lipinski definition) is 0. The maximum Gasteiger partial charge on any atom is 0.346 e. The fourth-order valence-electron chi connectivity index (χ4n) is 3.39. The standard InChI is InChI=1S/C19H26N4O2/c1-13-10-11-15-8-6-7-9-16(15)22(13)17(24)12-21-14(2)20-23(18(21)25)19(3,4)5/h6-9,13H,10-12H2,1-5H3. The molecule has 0 aliphatic carbocycles. The van der Waals surface area contributed by atoms with Crippen molar-refractivity contribution in [3.63, 3.8) is 0 Å². The summed E-state index contributed by atoms with van der Waals surface area (Å²) in [6.45, 7) is 9.62. The highest BCUT2D eigenvalue weighted by molar-refractivity contribution is 5.95.